The second-order valence-corrected chi connectivity index (χ2v) is 7.12. The minimum Gasteiger partial charge on any atom is -1.00 e. The molecule has 0 aliphatic carbocycles. The smallest absolute Gasteiger partial charge is 1.00 e. The van der Waals surface area contributed by atoms with E-state index in [2.05, 4.69) is 19.1 Å². The first-order valence-corrected chi connectivity index (χ1v) is 10.7. The number of allylic oxidation sites excluding steroid dienone is 2. The zero-order valence-electron chi connectivity index (χ0n) is 18.8. The number of ether oxygens (including phenoxy) is 1. The van der Waals surface area contributed by atoms with Gasteiger partial charge in [0.05, 0.1) is 0 Å². The fourth-order valence-electron chi connectivity index (χ4n) is 3.01. The van der Waals surface area contributed by atoms with E-state index in [4.69, 9.17) is 4.74 Å². The summed E-state index contributed by atoms with van der Waals surface area (Å²) in [5.41, 5.74) is 0. The van der Waals surface area contributed by atoms with Gasteiger partial charge in [-0.15, -0.1) is 0 Å². The molecule has 0 aromatic heterocycles. The standard InChI is InChI=1S/C24H38O2.K.H/c1-2-3-4-5-6-7-8-9-10-11-12-13-14-15-19-22-24(25)26-23-20-17-16-18-21-23;;/h9-10,16-18,20-21H,2-8,11-15,19,22H2,1H3;;/q;+1;-1. The first-order valence-electron chi connectivity index (χ1n) is 10.7. The van der Waals surface area contributed by atoms with Crippen LogP contribution in [-0.4, -0.2) is 5.97 Å². The Labute approximate surface area is 211 Å². The topological polar surface area (TPSA) is 26.3 Å². The summed E-state index contributed by atoms with van der Waals surface area (Å²) in [6.07, 6.45) is 21.7. The Hall–Kier alpha value is 0.0664. The Morgan fingerprint density at radius 1 is 0.815 bits per heavy atom. The minimum atomic E-state index is -0.117. The van der Waals surface area contributed by atoms with Crippen molar-refractivity contribution < 1.29 is 62.3 Å². The average Bonchev–Trinajstić information content (AvgIpc) is 2.65. The molecule has 0 bridgehead atoms. The van der Waals surface area contributed by atoms with Crippen molar-refractivity contribution in [3.63, 3.8) is 0 Å². The molecule has 0 radical (unpaired) electrons. The van der Waals surface area contributed by atoms with Gasteiger partial charge in [0.2, 0.25) is 0 Å². The number of benzene rings is 1. The van der Waals surface area contributed by atoms with E-state index < -0.39 is 0 Å². The first-order chi connectivity index (χ1) is 12.8. The summed E-state index contributed by atoms with van der Waals surface area (Å²) < 4.78 is 5.29. The molecular formula is C24H39KO2. The maximum absolute atomic E-state index is 11.7. The Balaban J connectivity index is 0. The molecule has 0 aliphatic heterocycles. The van der Waals surface area contributed by atoms with Crippen LogP contribution in [0.1, 0.15) is 98.2 Å². The summed E-state index contributed by atoms with van der Waals surface area (Å²) in [6, 6.07) is 9.31. The van der Waals surface area contributed by atoms with Gasteiger partial charge in [0.15, 0.2) is 0 Å². The van der Waals surface area contributed by atoms with Crippen LogP contribution in [-0.2, 0) is 4.79 Å². The molecular weight excluding hydrogens is 359 g/mol. The predicted molar refractivity (Wildman–Crippen MR) is 113 cm³/mol. The van der Waals surface area contributed by atoms with Crippen molar-refractivity contribution in [2.24, 2.45) is 0 Å². The molecule has 0 amide bonds. The van der Waals surface area contributed by atoms with Gasteiger partial charge in [-0.2, -0.15) is 0 Å². The molecule has 1 aromatic carbocycles. The summed E-state index contributed by atoms with van der Waals surface area (Å²) >= 11 is 0. The van der Waals surface area contributed by atoms with Crippen LogP contribution in [0.25, 0.3) is 0 Å². The van der Waals surface area contributed by atoms with E-state index in [0.29, 0.717) is 12.2 Å². The normalized spacial score (nSPS) is 10.7. The number of carbonyl (C=O) groups is 1. The third-order valence-electron chi connectivity index (χ3n) is 4.62. The van der Waals surface area contributed by atoms with E-state index in [1.54, 1.807) is 0 Å². The number of esters is 1. The van der Waals surface area contributed by atoms with Crippen LogP contribution in [0.5, 0.6) is 5.75 Å². The fourth-order valence-corrected chi connectivity index (χ4v) is 3.01. The van der Waals surface area contributed by atoms with E-state index in [0.717, 1.165) is 12.8 Å². The first kappa shape index (κ1) is 27.1. The molecule has 0 unspecified atom stereocenters. The number of para-hydroxylation sites is 1. The zero-order chi connectivity index (χ0) is 18.7. The monoisotopic (exact) mass is 398 g/mol. The van der Waals surface area contributed by atoms with Crippen LogP contribution in [0.2, 0.25) is 0 Å². The van der Waals surface area contributed by atoms with Gasteiger partial charge in [-0.1, -0.05) is 88.6 Å². The SMILES string of the molecule is CCCCCCCCC=CCCCCCCCC(=O)Oc1ccccc1.[H-].[K+]. The maximum atomic E-state index is 11.7. The third kappa shape index (κ3) is 17.9. The van der Waals surface area contributed by atoms with Crippen molar-refractivity contribution in [1.29, 1.82) is 0 Å². The van der Waals surface area contributed by atoms with E-state index in [-0.39, 0.29) is 58.8 Å². The molecule has 0 saturated carbocycles. The van der Waals surface area contributed by atoms with E-state index in [9.17, 15) is 4.79 Å². The Bertz CT molecular complexity index is 477. The van der Waals surface area contributed by atoms with Crippen molar-refractivity contribution in [1.82, 2.24) is 0 Å². The number of hydrogen-bond acceptors (Lipinski definition) is 2. The largest absolute Gasteiger partial charge is 1.00 e. The van der Waals surface area contributed by atoms with Crippen LogP contribution in [0, 0.1) is 0 Å². The summed E-state index contributed by atoms with van der Waals surface area (Å²) in [4.78, 5) is 11.7. The molecule has 1 aromatic rings. The Morgan fingerprint density at radius 3 is 1.93 bits per heavy atom. The summed E-state index contributed by atoms with van der Waals surface area (Å²) in [5.74, 6) is 0.527. The quantitative estimate of drug-likeness (QED) is 0.132. The molecule has 0 fully saturated rings. The molecule has 2 nitrogen and oxygen atoms in total. The fraction of sp³-hybridized carbons (Fsp3) is 0.625. The van der Waals surface area contributed by atoms with Crippen LogP contribution >= 0.6 is 0 Å². The summed E-state index contributed by atoms with van der Waals surface area (Å²) in [7, 11) is 0. The molecule has 0 heterocycles. The number of carbonyl (C=O) groups excluding carboxylic acids is 1. The van der Waals surface area contributed by atoms with Gasteiger partial charge in [0.1, 0.15) is 5.75 Å². The van der Waals surface area contributed by atoms with Gasteiger partial charge >= 0.3 is 57.4 Å². The molecule has 1 rings (SSSR count). The Morgan fingerprint density at radius 2 is 1.33 bits per heavy atom. The van der Waals surface area contributed by atoms with Crippen LogP contribution < -0.4 is 56.1 Å². The van der Waals surface area contributed by atoms with Crippen molar-refractivity contribution in [3.8, 4) is 5.75 Å². The predicted octanol–water partition coefficient (Wildman–Crippen LogP) is 4.75. The zero-order valence-corrected chi connectivity index (χ0v) is 20.9. The van der Waals surface area contributed by atoms with Crippen LogP contribution in [0.15, 0.2) is 42.5 Å². The molecule has 27 heavy (non-hydrogen) atoms. The van der Waals surface area contributed by atoms with Gasteiger partial charge in [0.25, 0.3) is 0 Å². The van der Waals surface area contributed by atoms with E-state index in [1.807, 2.05) is 30.3 Å². The molecule has 148 valence electrons. The van der Waals surface area contributed by atoms with Crippen molar-refractivity contribution in [2.45, 2.75) is 96.8 Å². The second kappa shape index (κ2) is 20.8. The average molecular weight is 399 g/mol. The van der Waals surface area contributed by atoms with Gasteiger partial charge in [-0.25, -0.2) is 0 Å². The Kier molecular flexibility index (Phi) is 20.8. The second-order valence-electron chi connectivity index (χ2n) is 7.12. The molecule has 0 saturated heterocycles. The van der Waals surface area contributed by atoms with Crippen LogP contribution in [0.3, 0.4) is 0 Å². The van der Waals surface area contributed by atoms with Gasteiger partial charge in [-0.3, -0.25) is 4.79 Å². The number of rotatable bonds is 16. The van der Waals surface area contributed by atoms with E-state index in [1.165, 1.54) is 70.6 Å². The van der Waals surface area contributed by atoms with Gasteiger partial charge in [0, 0.05) is 6.42 Å². The number of hydrogen-bond donors (Lipinski definition) is 0. The van der Waals surface area contributed by atoms with Crippen molar-refractivity contribution in [2.75, 3.05) is 0 Å². The summed E-state index contributed by atoms with van der Waals surface area (Å²) in [6.45, 7) is 2.27. The maximum Gasteiger partial charge on any atom is 1.00 e. The minimum absolute atomic E-state index is 0. The molecule has 0 aliphatic rings. The van der Waals surface area contributed by atoms with Crippen LogP contribution in [0.4, 0.5) is 0 Å². The van der Waals surface area contributed by atoms with Gasteiger partial charge in [-0.05, 0) is 44.2 Å². The van der Waals surface area contributed by atoms with E-state index >= 15 is 0 Å². The van der Waals surface area contributed by atoms with Crippen molar-refractivity contribution in [3.05, 3.63) is 42.5 Å². The molecule has 0 atom stereocenters. The summed E-state index contributed by atoms with van der Waals surface area (Å²) in [5, 5.41) is 0. The molecule has 0 N–H and O–H groups in total. The third-order valence-corrected chi connectivity index (χ3v) is 4.62. The number of unbranched alkanes of at least 4 members (excludes halogenated alkanes) is 11. The molecule has 3 heteroatoms. The van der Waals surface area contributed by atoms with Gasteiger partial charge < -0.3 is 6.16 Å². The molecule has 0 spiro atoms. The van der Waals surface area contributed by atoms with Crippen molar-refractivity contribution >= 4 is 5.97 Å².